The van der Waals surface area contributed by atoms with Gasteiger partial charge in [-0.15, -0.1) is 0 Å². The van der Waals surface area contributed by atoms with Gasteiger partial charge in [0.2, 0.25) is 0 Å². The fourth-order valence-corrected chi connectivity index (χ4v) is 2.93. The van der Waals surface area contributed by atoms with Crippen LogP contribution >= 0.6 is 0 Å². The number of amides is 1. The lowest BCUT2D eigenvalue weighted by Crippen LogP contribution is -2.30. The first-order valence-electron chi connectivity index (χ1n) is 8.75. The van der Waals surface area contributed by atoms with Crippen molar-refractivity contribution in [3.8, 4) is 0 Å². The van der Waals surface area contributed by atoms with E-state index < -0.39 is 18.0 Å². The van der Waals surface area contributed by atoms with Crippen molar-refractivity contribution in [3.63, 3.8) is 0 Å². The van der Waals surface area contributed by atoms with E-state index in [4.69, 9.17) is 4.74 Å². The molecule has 1 aliphatic carbocycles. The second-order valence-electron chi connectivity index (χ2n) is 6.34. The Balaban J connectivity index is 1.80. The van der Waals surface area contributed by atoms with Crippen LogP contribution in [0.1, 0.15) is 58.5 Å². The number of carbonyl (C=O) groups excluding carboxylic acids is 4. The number of anilines is 1. The maximum absolute atomic E-state index is 12.7. The van der Waals surface area contributed by atoms with Gasteiger partial charge in [-0.3, -0.25) is 19.2 Å². The lowest BCUT2D eigenvalue weighted by atomic mass is 9.84. The smallest absolute Gasteiger partial charge is 0.306 e. The van der Waals surface area contributed by atoms with Gasteiger partial charge in [0.05, 0.1) is 0 Å². The zero-order chi connectivity index (χ0) is 19.6. The summed E-state index contributed by atoms with van der Waals surface area (Å²) in [5.74, 6) is -1.43. The van der Waals surface area contributed by atoms with Crippen LogP contribution in [-0.4, -0.2) is 29.5 Å². The maximum Gasteiger partial charge on any atom is 0.306 e. The summed E-state index contributed by atoms with van der Waals surface area (Å²) in [7, 11) is 0. The molecule has 27 heavy (non-hydrogen) atoms. The zero-order valence-corrected chi connectivity index (χ0v) is 15.1. The molecule has 0 saturated carbocycles. The Morgan fingerprint density at radius 1 is 0.963 bits per heavy atom. The predicted molar refractivity (Wildman–Crippen MR) is 98.8 cm³/mol. The van der Waals surface area contributed by atoms with Crippen LogP contribution in [0.25, 0.3) is 0 Å². The van der Waals surface area contributed by atoms with E-state index in [1.54, 1.807) is 30.3 Å². The molecule has 6 nitrogen and oxygen atoms in total. The van der Waals surface area contributed by atoms with Crippen LogP contribution < -0.4 is 5.32 Å². The van der Waals surface area contributed by atoms with Gasteiger partial charge in [-0.05, 0) is 31.5 Å². The normalized spacial score (nSPS) is 13.4. The molecule has 1 atom stereocenters. The lowest BCUT2D eigenvalue weighted by molar-refractivity contribution is -0.153. The molecule has 2 aromatic carbocycles. The molecular formula is C21H19NO5. The number of ether oxygens (including phenoxy) is 1. The van der Waals surface area contributed by atoms with Gasteiger partial charge in [0, 0.05) is 34.4 Å². The van der Waals surface area contributed by atoms with Crippen LogP contribution in [0.4, 0.5) is 5.69 Å². The Labute approximate surface area is 156 Å². The molecule has 138 valence electrons. The van der Waals surface area contributed by atoms with Crippen molar-refractivity contribution >= 4 is 29.1 Å². The van der Waals surface area contributed by atoms with Crippen LogP contribution in [-0.2, 0) is 14.3 Å². The molecule has 0 bridgehead atoms. The van der Waals surface area contributed by atoms with Crippen molar-refractivity contribution in [2.24, 2.45) is 0 Å². The number of ketones is 2. The summed E-state index contributed by atoms with van der Waals surface area (Å²) in [6.45, 7) is 3.32. The minimum absolute atomic E-state index is 0.222. The summed E-state index contributed by atoms with van der Waals surface area (Å²) in [6.07, 6.45) is -0.0830. The molecule has 0 heterocycles. The van der Waals surface area contributed by atoms with Gasteiger partial charge in [0.25, 0.3) is 5.91 Å². The second kappa shape index (κ2) is 7.53. The summed E-state index contributed by atoms with van der Waals surface area (Å²) in [5, 5.41) is 2.62. The second-order valence-corrected chi connectivity index (χ2v) is 6.34. The molecule has 3 rings (SSSR count). The number of carbonyl (C=O) groups is 4. The van der Waals surface area contributed by atoms with Gasteiger partial charge in [0.1, 0.15) is 0 Å². The summed E-state index contributed by atoms with van der Waals surface area (Å²) >= 11 is 0. The summed E-state index contributed by atoms with van der Waals surface area (Å²) in [6, 6.07) is 11.2. The fraction of sp³-hybridized carbons (Fsp3) is 0.238. The minimum atomic E-state index is -0.960. The van der Waals surface area contributed by atoms with Crippen molar-refractivity contribution < 1.29 is 23.9 Å². The van der Waals surface area contributed by atoms with Gasteiger partial charge >= 0.3 is 5.97 Å². The van der Waals surface area contributed by atoms with E-state index in [1.807, 2.05) is 6.92 Å². The molecule has 0 unspecified atom stereocenters. The maximum atomic E-state index is 12.7. The van der Waals surface area contributed by atoms with E-state index in [-0.39, 0.29) is 23.6 Å². The zero-order valence-electron chi connectivity index (χ0n) is 15.1. The molecule has 1 aliphatic rings. The van der Waals surface area contributed by atoms with Crippen LogP contribution in [0, 0.1) is 0 Å². The lowest BCUT2D eigenvalue weighted by Gasteiger charge is -2.19. The van der Waals surface area contributed by atoms with Crippen molar-refractivity contribution in [1.29, 1.82) is 0 Å². The minimum Gasteiger partial charge on any atom is -0.453 e. The molecule has 0 spiro atoms. The van der Waals surface area contributed by atoms with E-state index in [0.717, 1.165) is 0 Å². The SMILES string of the molecule is CCCC(=O)O[C@@H](C)C(=O)Nc1ccc2c(c1)C(=O)c1ccccc1C2=O. The largest absolute Gasteiger partial charge is 0.453 e. The van der Waals surface area contributed by atoms with Gasteiger partial charge < -0.3 is 10.1 Å². The molecule has 0 fully saturated rings. The van der Waals surface area contributed by atoms with E-state index >= 15 is 0 Å². The van der Waals surface area contributed by atoms with Crippen LogP contribution in [0.5, 0.6) is 0 Å². The van der Waals surface area contributed by atoms with Crippen LogP contribution in [0.15, 0.2) is 42.5 Å². The third-order valence-electron chi connectivity index (χ3n) is 4.32. The summed E-state index contributed by atoms with van der Waals surface area (Å²) in [4.78, 5) is 49.0. The number of hydrogen-bond acceptors (Lipinski definition) is 5. The molecule has 0 radical (unpaired) electrons. The molecule has 6 heteroatoms. The molecule has 1 amide bonds. The van der Waals surface area contributed by atoms with Crippen molar-refractivity contribution in [3.05, 3.63) is 64.7 Å². The number of benzene rings is 2. The average Bonchev–Trinajstić information content (AvgIpc) is 2.66. The molecular weight excluding hydrogens is 346 g/mol. The van der Waals surface area contributed by atoms with E-state index in [2.05, 4.69) is 5.32 Å². The highest BCUT2D eigenvalue weighted by Gasteiger charge is 2.29. The highest BCUT2D eigenvalue weighted by Crippen LogP contribution is 2.29. The third kappa shape index (κ3) is 3.65. The predicted octanol–water partition coefficient (Wildman–Crippen LogP) is 3.13. The Morgan fingerprint density at radius 2 is 1.56 bits per heavy atom. The number of esters is 1. The topological polar surface area (TPSA) is 89.5 Å². The van der Waals surface area contributed by atoms with Gasteiger partial charge in [-0.2, -0.15) is 0 Å². The number of rotatable bonds is 5. The van der Waals surface area contributed by atoms with Crippen LogP contribution in [0.2, 0.25) is 0 Å². The van der Waals surface area contributed by atoms with Crippen molar-refractivity contribution in [2.45, 2.75) is 32.8 Å². The number of hydrogen-bond donors (Lipinski definition) is 1. The van der Waals surface area contributed by atoms with Crippen LogP contribution in [0.3, 0.4) is 0 Å². The first-order chi connectivity index (χ1) is 12.9. The Morgan fingerprint density at radius 3 is 2.19 bits per heavy atom. The Kier molecular flexibility index (Phi) is 5.16. The molecule has 2 aromatic rings. The molecule has 1 N–H and O–H groups in total. The monoisotopic (exact) mass is 365 g/mol. The van der Waals surface area contributed by atoms with E-state index in [9.17, 15) is 19.2 Å². The van der Waals surface area contributed by atoms with Gasteiger partial charge in [0.15, 0.2) is 17.7 Å². The van der Waals surface area contributed by atoms with Gasteiger partial charge in [-0.25, -0.2) is 0 Å². The summed E-state index contributed by atoms with van der Waals surface area (Å²) < 4.78 is 5.05. The van der Waals surface area contributed by atoms with Gasteiger partial charge in [-0.1, -0.05) is 31.2 Å². The highest BCUT2D eigenvalue weighted by molar-refractivity contribution is 6.28. The highest BCUT2D eigenvalue weighted by atomic mass is 16.5. The van der Waals surface area contributed by atoms with Crippen molar-refractivity contribution in [2.75, 3.05) is 5.32 Å². The third-order valence-corrected chi connectivity index (χ3v) is 4.32. The molecule has 0 aromatic heterocycles. The Bertz CT molecular complexity index is 947. The van der Waals surface area contributed by atoms with E-state index in [0.29, 0.717) is 28.8 Å². The fourth-order valence-electron chi connectivity index (χ4n) is 2.93. The standard InChI is InChI=1S/C21H19NO5/c1-3-6-18(23)27-12(2)21(26)22-13-9-10-16-17(11-13)20(25)15-8-5-4-7-14(15)19(16)24/h4-5,7-12H,3,6H2,1-2H3,(H,22,26)/t12-/m0/s1. The van der Waals surface area contributed by atoms with Crippen molar-refractivity contribution in [1.82, 2.24) is 0 Å². The average molecular weight is 365 g/mol. The quantitative estimate of drug-likeness (QED) is 0.702. The molecule has 0 saturated heterocycles. The molecule has 0 aliphatic heterocycles. The number of nitrogens with one attached hydrogen (secondary N) is 1. The number of fused-ring (bicyclic) bond motifs is 2. The summed E-state index contributed by atoms with van der Waals surface area (Å²) in [5.41, 5.74) is 1.63. The first-order valence-corrected chi connectivity index (χ1v) is 8.75. The first kappa shape index (κ1) is 18.5. The Hall–Kier alpha value is -3.28. The van der Waals surface area contributed by atoms with E-state index in [1.165, 1.54) is 19.1 Å².